The van der Waals surface area contributed by atoms with E-state index in [9.17, 15) is 14.9 Å². The van der Waals surface area contributed by atoms with Crippen LogP contribution in [-0.2, 0) is 4.74 Å². The number of ether oxygens (including phenoxy) is 2. The summed E-state index contributed by atoms with van der Waals surface area (Å²) in [6.07, 6.45) is 0.196. The lowest BCUT2D eigenvalue weighted by Gasteiger charge is -2.38. The predicted octanol–water partition coefficient (Wildman–Crippen LogP) is 3.99. The molecule has 2 atom stereocenters. The van der Waals surface area contributed by atoms with Crippen LogP contribution >= 0.6 is 0 Å². The van der Waals surface area contributed by atoms with E-state index in [1.165, 1.54) is 12.1 Å². The van der Waals surface area contributed by atoms with Crippen LogP contribution in [-0.4, -0.2) is 41.7 Å². The second-order valence-corrected chi connectivity index (χ2v) is 6.36. The molecule has 0 saturated carbocycles. The number of rotatable bonds is 5. The number of likely N-dealkylation sites (tertiary alicyclic amines) is 1. The van der Waals surface area contributed by atoms with E-state index in [0.29, 0.717) is 31.9 Å². The minimum atomic E-state index is -0.436. The van der Waals surface area contributed by atoms with Crippen LogP contribution in [0.25, 0.3) is 0 Å². The number of hydrogen-bond acceptors (Lipinski definition) is 5. The fourth-order valence-electron chi connectivity index (χ4n) is 3.29. The largest absolute Gasteiger partial charge is 0.490 e. The third-order valence-electron chi connectivity index (χ3n) is 4.64. The first-order valence-electron chi connectivity index (χ1n) is 8.96. The topological polar surface area (TPSA) is 81.9 Å². The summed E-state index contributed by atoms with van der Waals surface area (Å²) in [4.78, 5) is 24.2. The SMILES string of the molecule is CCOC(=O)N1CC[C@@H](Oc2ccc([N+](=O)[O-])cc2)[C@H](c2ccccc2)C1. The quantitative estimate of drug-likeness (QED) is 0.587. The Kier molecular flexibility index (Phi) is 5.90. The number of benzene rings is 2. The molecule has 2 aromatic rings. The van der Waals surface area contributed by atoms with Gasteiger partial charge in [0, 0.05) is 37.6 Å². The number of hydrogen-bond donors (Lipinski definition) is 0. The van der Waals surface area contributed by atoms with Crippen molar-refractivity contribution in [3.63, 3.8) is 0 Å². The van der Waals surface area contributed by atoms with E-state index in [1.54, 1.807) is 24.0 Å². The molecule has 2 aromatic carbocycles. The highest BCUT2D eigenvalue weighted by atomic mass is 16.6. The van der Waals surface area contributed by atoms with Gasteiger partial charge in [-0.05, 0) is 24.6 Å². The number of carbonyl (C=O) groups excluding carboxylic acids is 1. The molecule has 0 bridgehead atoms. The highest BCUT2D eigenvalue weighted by Crippen LogP contribution is 2.31. The van der Waals surface area contributed by atoms with E-state index >= 15 is 0 Å². The minimum Gasteiger partial charge on any atom is -0.490 e. The number of nitrogens with zero attached hydrogens (tertiary/aromatic N) is 2. The molecule has 0 aromatic heterocycles. The molecule has 3 rings (SSSR count). The van der Waals surface area contributed by atoms with E-state index < -0.39 is 4.92 Å². The number of non-ortho nitro benzene ring substituents is 1. The van der Waals surface area contributed by atoms with E-state index in [2.05, 4.69) is 0 Å². The van der Waals surface area contributed by atoms with Gasteiger partial charge in [-0.25, -0.2) is 4.79 Å². The summed E-state index contributed by atoms with van der Waals surface area (Å²) < 4.78 is 11.3. The lowest BCUT2D eigenvalue weighted by atomic mass is 9.88. The molecule has 1 amide bonds. The van der Waals surface area contributed by atoms with Crippen molar-refractivity contribution in [2.75, 3.05) is 19.7 Å². The Labute approximate surface area is 157 Å². The Morgan fingerprint density at radius 2 is 1.89 bits per heavy atom. The second-order valence-electron chi connectivity index (χ2n) is 6.36. The molecule has 1 heterocycles. The van der Waals surface area contributed by atoms with Crippen molar-refractivity contribution in [1.29, 1.82) is 0 Å². The van der Waals surface area contributed by atoms with Crippen LogP contribution < -0.4 is 4.74 Å². The zero-order valence-electron chi connectivity index (χ0n) is 15.1. The fraction of sp³-hybridized carbons (Fsp3) is 0.350. The molecular weight excluding hydrogens is 348 g/mol. The minimum absolute atomic E-state index is 0.0143. The van der Waals surface area contributed by atoms with Crippen molar-refractivity contribution < 1.29 is 19.2 Å². The molecule has 142 valence electrons. The number of piperidine rings is 1. The Morgan fingerprint density at radius 1 is 1.19 bits per heavy atom. The average molecular weight is 370 g/mol. The Bertz CT molecular complexity index is 779. The molecule has 0 unspecified atom stereocenters. The summed E-state index contributed by atoms with van der Waals surface area (Å²) in [5.74, 6) is 0.565. The molecular formula is C20H22N2O5. The summed E-state index contributed by atoms with van der Waals surface area (Å²) in [7, 11) is 0. The number of nitro groups is 1. The van der Waals surface area contributed by atoms with Crippen LogP contribution in [0.1, 0.15) is 24.8 Å². The summed E-state index contributed by atoms with van der Waals surface area (Å²) in [5.41, 5.74) is 1.11. The van der Waals surface area contributed by atoms with Crippen LogP contribution in [0.15, 0.2) is 54.6 Å². The summed E-state index contributed by atoms with van der Waals surface area (Å²) in [6, 6.07) is 16.0. The molecule has 0 N–H and O–H groups in total. The van der Waals surface area contributed by atoms with Gasteiger partial charge in [0.25, 0.3) is 5.69 Å². The standard InChI is InChI=1S/C20H22N2O5/c1-2-26-20(23)21-13-12-19(18(14-21)15-6-4-3-5-7-15)27-17-10-8-16(9-11-17)22(24)25/h3-11,18-19H,2,12-14H2,1H3/t18-,19+/m0/s1. The molecule has 0 spiro atoms. The lowest BCUT2D eigenvalue weighted by molar-refractivity contribution is -0.384. The van der Waals surface area contributed by atoms with Gasteiger partial charge in [0.1, 0.15) is 11.9 Å². The van der Waals surface area contributed by atoms with Gasteiger partial charge in [-0.1, -0.05) is 30.3 Å². The van der Waals surface area contributed by atoms with Gasteiger partial charge in [0.05, 0.1) is 11.5 Å². The van der Waals surface area contributed by atoms with Gasteiger partial charge in [0.15, 0.2) is 0 Å². The van der Waals surface area contributed by atoms with Crippen molar-refractivity contribution in [3.05, 3.63) is 70.3 Å². The zero-order valence-corrected chi connectivity index (χ0v) is 15.1. The first kappa shape index (κ1) is 18.7. The third-order valence-corrected chi connectivity index (χ3v) is 4.64. The first-order valence-corrected chi connectivity index (χ1v) is 8.96. The number of amides is 1. The average Bonchev–Trinajstić information content (AvgIpc) is 2.69. The zero-order chi connectivity index (χ0) is 19.2. The van der Waals surface area contributed by atoms with Crippen LogP contribution in [0.2, 0.25) is 0 Å². The smallest absolute Gasteiger partial charge is 0.409 e. The van der Waals surface area contributed by atoms with Gasteiger partial charge in [-0.3, -0.25) is 10.1 Å². The second kappa shape index (κ2) is 8.53. The third kappa shape index (κ3) is 4.55. The van der Waals surface area contributed by atoms with E-state index in [4.69, 9.17) is 9.47 Å². The molecule has 1 saturated heterocycles. The maximum absolute atomic E-state index is 12.1. The number of carbonyl (C=O) groups is 1. The predicted molar refractivity (Wildman–Crippen MR) is 99.9 cm³/mol. The molecule has 7 heteroatoms. The molecule has 0 aliphatic carbocycles. The highest BCUT2D eigenvalue weighted by Gasteiger charge is 2.34. The van der Waals surface area contributed by atoms with Crippen LogP contribution in [0.4, 0.5) is 10.5 Å². The Balaban J connectivity index is 1.78. The van der Waals surface area contributed by atoms with Gasteiger partial charge in [-0.2, -0.15) is 0 Å². The van der Waals surface area contributed by atoms with Crippen LogP contribution in [0, 0.1) is 10.1 Å². The van der Waals surface area contributed by atoms with Gasteiger partial charge in [0.2, 0.25) is 0 Å². The van der Waals surface area contributed by atoms with Gasteiger partial charge >= 0.3 is 6.09 Å². The van der Waals surface area contributed by atoms with Crippen LogP contribution in [0.3, 0.4) is 0 Å². The summed E-state index contributed by atoms with van der Waals surface area (Å²) >= 11 is 0. The van der Waals surface area contributed by atoms with Crippen molar-refractivity contribution in [1.82, 2.24) is 4.90 Å². The van der Waals surface area contributed by atoms with Gasteiger partial charge in [-0.15, -0.1) is 0 Å². The normalized spacial score (nSPS) is 19.4. The number of nitro benzene ring substituents is 1. The maximum atomic E-state index is 12.1. The molecule has 7 nitrogen and oxygen atoms in total. The molecule has 1 fully saturated rings. The molecule has 27 heavy (non-hydrogen) atoms. The Hall–Kier alpha value is -3.09. The highest BCUT2D eigenvalue weighted by molar-refractivity contribution is 5.68. The van der Waals surface area contributed by atoms with E-state index in [0.717, 1.165) is 5.56 Å². The first-order chi connectivity index (χ1) is 13.1. The van der Waals surface area contributed by atoms with Crippen molar-refractivity contribution in [2.45, 2.75) is 25.4 Å². The summed E-state index contributed by atoms with van der Waals surface area (Å²) in [5, 5.41) is 10.8. The Morgan fingerprint density at radius 3 is 2.52 bits per heavy atom. The van der Waals surface area contributed by atoms with Crippen molar-refractivity contribution >= 4 is 11.8 Å². The summed E-state index contributed by atoms with van der Waals surface area (Å²) in [6.45, 7) is 3.17. The molecule has 0 radical (unpaired) electrons. The van der Waals surface area contributed by atoms with Crippen molar-refractivity contribution in [3.8, 4) is 5.75 Å². The molecule has 1 aliphatic rings. The van der Waals surface area contributed by atoms with Gasteiger partial charge < -0.3 is 14.4 Å². The maximum Gasteiger partial charge on any atom is 0.409 e. The van der Waals surface area contributed by atoms with E-state index in [-0.39, 0.29) is 23.8 Å². The fourth-order valence-corrected chi connectivity index (χ4v) is 3.29. The monoisotopic (exact) mass is 370 g/mol. The van der Waals surface area contributed by atoms with Crippen molar-refractivity contribution in [2.24, 2.45) is 0 Å². The van der Waals surface area contributed by atoms with E-state index in [1.807, 2.05) is 30.3 Å². The lowest BCUT2D eigenvalue weighted by Crippen LogP contribution is -2.47. The van der Waals surface area contributed by atoms with Crippen LogP contribution in [0.5, 0.6) is 5.75 Å². The molecule has 1 aliphatic heterocycles.